The third-order valence-electron chi connectivity index (χ3n) is 8.01. The van der Waals surface area contributed by atoms with Crippen molar-refractivity contribution in [2.45, 2.75) is 6.92 Å². The average molecular weight is 551 g/mol. The molecule has 0 radical (unpaired) electrons. The third-order valence-corrected chi connectivity index (χ3v) is 8.01. The molecule has 0 unspecified atom stereocenters. The van der Waals surface area contributed by atoms with Gasteiger partial charge in [-0.05, 0) is 73.6 Å². The monoisotopic (exact) mass is 550 g/mol. The molecule has 7 aromatic carbocycles. The number of fused-ring (bicyclic) bond motifs is 6. The fraction of sp³-hybridized carbons (Fsp3) is 0.0244. The molecule has 7 rings (SSSR count). The van der Waals surface area contributed by atoms with Gasteiger partial charge in [-0.1, -0.05) is 140 Å². The highest BCUT2D eigenvalue weighted by molar-refractivity contribution is 6.25. The van der Waals surface area contributed by atoms with Crippen LogP contribution >= 0.6 is 0 Å². The van der Waals surface area contributed by atoms with Gasteiger partial charge in [0.25, 0.3) is 0 Å². The summed E-state index contributed by atoms with van der Waals surface area (Å²) in [5, 5.41) is 7.68. The molecule has 0 saturated carbocycles. The maximum absolute atomic E-state index is 4.89. The second-order valence-electron chi connectivity index (χ2n) is 10.6. The van der Waals surface area contributed by atoms with Crippen LogP contribution in [0.5, 0.6) is 0 Å². The molecule has 0 bridgehead atoms. The number of nitrogens with zero attached hydrogens (tertiary/aromatic N) is 2. The Kier molecular flexibility index (Phi) is 6.94. The Morgan fingerprint density at radius 1 is 0.512 bits per heavy atom. The number of aliphatic imine (C=N–C) groups is 2. The smallest absolute Gasteiger partial charge is 0.159 e. The van der Waals surface area contributed by atoms with Gasteiger partial charge in [0.2, 0.25) is 0 Å². The van der Waals surface area contributed by atoms with E-state index in [1.54, 1.807) is 6.21 Å². The van der Waals surface area contributed by atoms with Crippen molar-refractivity contribution in [2.75, 3.05) is 0 Å². The maximum atomic E-state index is 4.89. The van der Waals surface area contributed by atoms with E-state index < -0.39 is 0 Å². The highest BCUT2D eigenvalue weighted by Gasteiger charge is 2.12. The lowest BCUT2D eigenvalue weighted by atomic mass is 9.91. The topological polar surface area (TPSA) is 24.7 Å². The molecule has 2 nitrogen and oxygen atoms in total. The molecule has 0 heterocycles. The van der Waals surface area contributed by atoms with Crippen LogP contribution in [0.4, 0.5) is 0 Å². The Bertz CT molecular complexity index is 2170. The molecule has 43 heavy (non-hydrogen) atoms. The second kappa shape index (κ2) is 11.3. The largest absolute Gasteiger partial charge is 0.241 e. The van der Waals surface area contributed by atoms with Gasteiger partial charge in [0.1, 0.15) is 0 Å². The lowest BCUT2D eigenvalue weighted by Gasteiger charge is -2.14. The molecule has 0 aliphatic rings. The lowest BCUT2D eigenvalue weighted by Crippen LogP contribution is -1.98. The number of benzene rings is 7. The maximum Gasteiger partial charge on any atom is 0.159 e. The van der Waals surface area contributed by atoms with E-state index in [-0.39, 0.29) is 0 Å². The summed E-state index contributed by atoms with van der Waals surface area (Å²) in [6.07, 6.45) is 1.77. The fourth-order valence-corrected chi connectivity index (χ4v) is 6.01. The number of amidine groups is 1. The first-order valence-corrected chi connectivity index (χ1v) is 14.6. The first-order chi connectivity index (χ1) is 21.2. The number of rotatable bonds is 5. The molecule has 0 aliphatic heterocycles. The summed E-state index contributed by atoms with van der Waals surface area (Å²) in [5.41, 5.74) is 7.17. The third kappa shape index (κ3) is 4.94. The van der Waals surface area contributed by atoms with Gasteiger partial charge in [-0.3, -0.25) is 0 Å². The van der Waals surface area contributed by atoms with Crippen LogP contribution in [0.2, 0.25) is 0 Å². The summed E-state index contributed by atoms with van der Waals surface area (Å²) in [7, 11) is 0. The van der Waals surface area contributed by atoms with Crippen LogP contribution in [0, 0.1) is 0 Å². The van der Waals surface area contributed by atoms with Gasteiger partial charge in [-0.15, -0.1) is 0 Å². The molecule has 0 fully saturated rings. The van der Waals surface area contributed by atoms with Crippen LogP contribution in [0.3, 0.4) is 0 Å². The Labute approximate surface area is 252 Å². The predicted octanol–water partition coefficient (Wildman–Crippen LogP) is 11.0. The van der Waals surface area contributed by atoms with Crippen molar-refractivity contribution in [3.05, 3.63) is 163 Å². The van der Waals surface area contributed by atoms with E-state index in [1.807, 2.05) is 43.3 Å². The quantitative estimate of drug-likeness (QED) is 0.116. The summed E-state index contributed by atoms with van der Waals surface area (Å²) in [6.45, 7) is 6.27. The van der Waals surface area contributed by atoms with Gasteiger partial charge in [0.15, 0.2) is 5.84 Å². The lowest BCUT2D eigenvalue weighted by molar-refractivity contribution is 1.45. The van der Waals surface area contributed by atoms with Gasteiger partial charge in [-0.2, -0.15) is 0 Å². The minimum absolute atomic E-state index is 0.646. The second-order valence-corrected chi connectivity index (χ2v) is 10.6. The summed E-state index contributed by atoms with van der Waals surface area (Å²) in [5.74, 6) is 0.646. The van der Waals surface area contributed by atoms with Crippen LogP contribution in [-0.2, 0) is 0 Å². The molecule has 0 N–H and O–H groups in total. The van der Waals surface area contributed by atoms with Gasteiger partial charge in [0.05, 0.1) is 5.70 Å². The predicted molar refractivity (Wildman–Crippen MR) is 186 cm³/mol. The Morgan fingerprint density at radius 2 is 1.07 bits per heavy atom. The van der Waals surface area contributed by atoms with Gasteiger partial charge >= 0.3 is 0 Å². The molecule has 0 aromatic heterocycles. The highest BCUT2D eigenvalue weighted by atomic mass is 14.9. The molecule has 0 aliphatic carbocycles. The molecule has 204 valence electrons. The standard InChI is InChI=1S/C41H30N2/c1-3-42-41(29-14-5-4-6-15-29)43-28(2)33-18-7-8-19-34(33)32-17-13-16-30(26-32)31-24-25-39-37-22-10-9-20-35(37)36-21-11-12-23-38(36)40(39)27-31/h3-27H,2H2,1H3/b42-3-,43-41-. The van der Waals surface area contributed by atoms with E-state index >= 15 is 0 Å². The van der Waals surface area contributed by atoms with E-state index in [4.69, 9.17) is 4.99 Å². The van der Waals surface area contributed by atoms with Crippen molar-refractivity contribution in [1.29, 1.82) is 0 Å². The zero-order chi connectivity index (χ0) is 29.2. The van der Waals surface area contributed by atoms with E-state index in [0.29, 0.717) is 11.5 Å². The van der Waals surface area contributed by atoms with Gasteiger partial charge in [-0.25, -0.2) is 9.98 Å². The van der Waals surface area contributed by atoms with E-state index in [1.165, 1.54) is 43.4 Å². The van der Waals surface area contributed by atoms with E-state index in [0.717, 1.165) is 22.3 Å². The van der Waals surface area contributed by atoms with Crippen molar-refractivity contribution in [2.24, 2.45) is 9.98 Å². The van der Waals surface area contributed by atoms with Gasteiger partial charge in [0, 0.05) is 17.3 Å². The molecule has 2 heteroatoms. The molecule has 0 amide bonds. The summed E-state index contributed by atoms with van der Waals surface area (Å²) in [6, 6.07) is 51.4. The van der Waals surface area contributed by atoms with Crippen LogP contribution in [0.1, 0.15) is 18.1 Å². The summed E-state index contributed by atoms with van der Waals surface area (Å²) >= 11 is 0. The minimum atomic E-state index is 0.646. The van der Waals surface area contributed by atoms with Crippen molar-refractivity contribution in [3.8, 4) is 22.3 Å². The van der Waals surface area contributed by atoms with Crippen molar-refractivity contribution in [1.82, 2.24) is 0 Å². The minimum Gasteiger partial charge on any atom is -0.241 e. The zero-order valence-electron chi connectivity index (χ0n) is 24.0. The van der Waals surface area contributed by atoms with Crippen LogP contribution in [-0.4, -0.2) is 12.1 Å². The Balaban J connectivity index is 1.33. The van der Waals surface area contributed by atoms with E-state index in [2.05, 4.69) is 121 Å². The van der Waals surface area contributed by atoms with E-state index in [9.17, 15) is 0 Å². The molecule has 7 aromatic rings. The van der Waals surface area contributed by atoms with Crippen molar-refractivity contribution >= 4 is 50.1 Å². The molecular weight excluding hydrogens is 520 g/mol. The summed E-state index contributed by atoms with van der Waals surface area (Å²) < 4.78 is 0. The first kappa shape index (κ1) is 26.3. The SMILES string of the molecule is C=C(/N=C(\N=C/C)c1ccccc1)c1ccccc1-c1cccc(-c2ccc3c4ccccc4c4ccccc4c3c2)c1. The average Bonchev–Trinajstić information content (AvgIpc) is 3.08. The van der Waals surface area contributed by atoms with Crippen LogP contribution < -0.4 is 0 Å². The Morgan fingerprint density at radius 3 is 1.77 bits per heavy atom. The first-order valence-electron chi connectivity index (χ1n) is 14.6. The van der Waals surface area contributed by atoms with Crippen LogP contribution in [0.25, 0.3) is 60.3 Å². The van der Waals surface area contributed by atoms with Crippen LogP contribution in [0.15, 0.2) is 162 Å². The number of hydrogen-bond donors (Lipinski definition) is 0. The van der Waals surface area contributed by atoms with Crippen molar-refractivity contribution < 1.29 is 0 Å². The Hall–Kier alpha value is -5.60. The highest BCUT2D eigenvalue weighted by Crippen LogP contribution is 2.38. The molecule has 0 spiro atoms. The number of hydrogen-bond acceptors (Lipinski definition) is 1. The van der Waals surface area contributed by atoms with Crippen molar-refractivity contribution in [3.63, 3.8) is 0 Å². The molecule has 0 saturated heterocycles. The summed E-state index contributed by atoms with van der Waals surface area (Å²) in [4.78, 5) is 9.43. The molecular formula is C41H30N2. The van der Waals surface area contributed by atoms with Gasteiger partial charge < -0.3 is 0 Å². The zero-order valence-corrected chi connectivity index (χ0v) is 24.0. The molecule has 0 atom stereocenters. The normalized spacial score (nSPS) is 12.0. The fourth-order valence-electron chi connectivity index (χ4n) is 6.01.